The van der Waals surface area contributed by atoms with Gasteiger partial charge in [0.25, 0.3) is 15.9 Å². The second-order valence-electron chi connectivity index (χ2n) is 7.59. The molecule has 0 aliphatic rings. The predicted octanol–water partition coefficient (Wildman–Crippen LogP) is 4.25. The minimum atomic E-state index is -3.77. The Balaban J connectivity index is 1.50. The standard InChI is InChI=1S/C24H23N5O3S/c1-16-7-6-8-17(2)23(16)28-33(31,32)20-12-10-19(11-13-20)27-24(30)21-15-26-29(18(21)3)22-9-4-5-14-25-22/h4-15,28H,1-3H3,(H,27,30). The summed E-state index contributed by atoms with van der Waals surface area (Å²) < 4.78 is 29.9. The van der Waals surface area contributed by atoms with E-state index in [1.165, 1.54) is 18.3 Å². The van der Waals surface area contributed by atoms with Crippen LogP contribution in [-0.2, 0) is 10.0 Å². The number of sulfonamides is 1. The lowest BCUT2D eigenvalue weighted by atomic mass is 10.1. The maximum absolute atomic E-state index is 12.8. The Morgan fingerprint density at radius 3 is 2.24 bits per heavy atom. The second kappa shape index (κ2) is 8.87. The van der Waals surface area contributed by atoms with E-state index < -0.39 is 10.0 Å². The van der Waals surface area contributed by atoms with Crippen molar-refractivity contribution < 1.29 is 13.2 Å². The molecule has 1 amide bonds. The molecule has 0 saturated heterocycles. The van der Waals surface area contributed by atoms with Crippen molar-refractivity contribution in [3.8, 4) is 5.82 Å². The third-order valence-corrected chi connectivity index (χ3v) is 6.63. The lowest BCUT2D eigenvalue weighted by Crippen LogP contribution is -2.15. The first-order valence-electron chi connectivity index (χ1n) is 10.2. The summed E-state index contributed by atoms with van der Waals surface area (Å²) in [5, 5.41) is 7.04. The predicted molar refractivity (Wildman–Crippen MR) is 127 cm³/mol. The van der Waals surface area contributed by atoms with Gasteiger partial charge in [-0.15, -0.1) is 0 Å². The third kappa shape index (κ3) is 4.63. The summed E-state index contributed by atoms with van der Waals surface area (Å²) in [5.74, 6) is 0.263. The number of anilines is 2. The Hall–Kier alpha value is -3.98. The summed E-state index contributed by atoms with van der Waals surface area (Å²) in [4.78, 5) is 17.1. The second-order valence-corrected chi connectivity index (χ2v) is 9.28. The number of rotatable bonds is 6. The van der Waals surface area contributed by atoms with Crippen LogP contribution in [0.15, 0.2) is 78.0 Å². The number of para-hydroxylation sites is 1. The van der Waals surface area contributed by atoms with Crippen molar-refractivity contribution in [2.24, 2.45) is 0 Å². The topological polar surface area (TPSA) is 106 Å². The summed E-state index contributed by atoms with van der Waals surface area (Å²) >= 11 is 0. The van der Waals surface area contributed by atoms with Crippen LogP contribution in [0.2, 0.25) is 0 Å². The average Bonchev–Trinajstić information content (AvgIpc) is 3.19. The molecule has 0 saturated carbocycles. The number of aryl methyl sites for hydroxylation is 2. The molecule has 0 spiro atoms. The normalized spacial score (nSPS) is 11.2. The zero-order valence-corrected chi connectivity index (χ0v) is 19.2. The zero-order chi connectivity index (χ0) is 23.6. The van der Waals surface area contributed by atoms with Gasteiger partial charge in [-0.3, -0.25) is 9.52 Å². The molecular formula is C24H23N5O3S. The zero-order valence-electron chi connectivity index (χ0n) is 18.4. The van der Waals surface area contributed by atoms with E-state index in [2.05, 4.69) is 20.1 Å². The van der Waals surface area contributed by atoms with Crippen molar-refractivity contribution in [1.82, 2.24) is 14.8 Å². The Kier molecular flexibility index (Phi) is 5.97. The summed E-state index contributed by atoms with van der Waals surface area (Å²) in [5.41, 5.74) is 3.75. The molecule has 0 radical (unpaired) electrons. The lowest BCUT2D eigenvalue weighted by molar-refractivity contribution is 0.102. The van der Waals surface area contributed by atoms with Gasteiger partial charge in [0.05, 0.1) is 28.0 Å². The SMILES string of the molecule is Cc1cccc(C)c1NS(=O)(=O)c1ccc(NC(=O)c2cnn(-c3ccccn3)c2C)cc1. The van der Waals surface area contributed by atoms with Crippen LogP contribution in [0.25, 0.3) is 5.82 Å². The largest absolute Gasteiger partial charge is 0.322 e. The minimum absolute atomic E-state index is 0.0994. The van der Waals surface area contributed by atoms with E-state index in [0.29, 0.717) is 28.5 Å². The van der Waals surface area contributed by atoms with Gasteiger partial charge in [-0.25, -0.2) is 18.1 Å². The van der Waals surface area contributed by atoms with E-state index in [4.69, 9.17) is 0 Å². The van der Waals surface area contributed by atoms with Crippen molar-refractivity contribution in [1.29, 1.82) is 0 Å². The van der Waals surface area contributed by atoms with Gasteiger partial charge in [0, 0.05) is 11.9 Å². The number of aromatic nitrogens is 3. The van der Waals surface area contributed by atoms with Gasteiger partial charge in [0.15, 0.2) is 5.82 Å². The van der Waals surface area contributed by atoms with Gasteiger partial charge in [0.1, 0.15) is 0 Å². The maximum atomic E-state index is 12.8. The first-order valence-corrected chi connectivity index (χ1v) is 11.7. The fourth-order valence-corrected chi connectivity index (χ4v) is 4.63. The maximum Gasteiger partial charge on any atom is 0.261 e. The number of benzene rings is 2. The van der Waals surface area contributed by atoms with E-state index >= 15 is 0 Å². The van der Waals surface area contributed by atoms with E-state index in [-0.39, 0.29) is 10.8 Å². The summed E-state index contributed by atoms with van der Waals surface area (Å²) in [6.07, 6.45) is 3.13. The molecule has 2 aromatic heterocycles. The van der Waals surface area contributed by atoms with Gasteiger partial charge in [0.2, 0.25) is 0 Å². The van der Waals surface area contributed by atoms with Crippen LogP contribution in [-0.4, -0.2) is 29.1 Å². The highest BCUT2D eigenvalue weighted by atomic mass is 32.2. The first-order chi connectivity index (χ1) is 15.8. The minimum Gasteiger partial charge on any atom is -0.322 e. The fourth-order valence-electron chi connectivity index (χ4n) is 3.43. The van der Waals surface area contributed by atoms with Crippen LogP contribution < -0.4 is 10.0 Å². The number of amides is 1. The molecule has 0 atom stereocenters. The molecule has 2 N–H and O–H groups in total. The number of nitrogens with zero attached hydrogens (tertiary/aromatic N) is 3. The van der Waals surface area contributed by atoms with Gasteiger partial charge in [-0.1, -0.05) is 24.3 Å². The van der Waals surface area contributed by atoms with Crippen molar-refractivity contribution in [2.45, 2.75) is 25.7 Å². The van der Waals surface area contributed by atoms with E-state index in [9.17, 15) is 13.2 Å². The molecule has 4 rings (SSSR count). The van der Waals surface area contributed by atoms with Crippen LogP contribution >= 0.6 is 0 Å². The third-order valence-electron chi connectivity index (χ3n) is 5.26. The molecule has 9 heteroatoms. The molecule has 0 aliphatic heterocycles. The molecule has 0 unspecified atom stereocenters. The first kappa shape index (κ1) is 22.2. The Morgan fingerprint density at radius 2 is 1.61 bits per heavy atom. The molecule has 33 heavy (non-hydrogen) atoms. The molecule has 2 aromatic carbocycles. The number of pyridine rings is 1. The highest BCUT2D eigenvalue weighted by molar-refractivity contribution is 7.92. The summed E-state index contributed by atoms with van der Waals surface area (Å²) in [7, 11) is -3.77. The number of hydrogen-bond donors (Lipinski definition) is 2. The van der Waals surface area contributed by atoms with Crippen molar-refractivity contribution in [3.05, 3.63) is 95.4 Å². The van der Waals surface area contributed by atoms with Crippen molar-refractivity contribution >= 4 is 27.3 Å². The highest BCUT2D eigenvalue weighted by Crippen LogP contribution is 2.24. The van der Waals surface area contributed by atoms with Crippen LogP contribution in [0.3, 0.4) is 0 Å². The van der Waals surface area contributed by atoms with E-state index in [1.807, 2.05) is 38.1 Å². The summed E-state index contributed by atoms with van der Waals surface area (Å²) in [6, 6.07) is 17.0. The van der Waals surface area contributed by atoms with Crippen LogP contribution in [0.1, 0.15) is 27.2 Å². The van der Waals surface area contributed by atoms with Crippen molar-refractivity contribution in [2.75, 3.05) is 10.0 Å². The molecule has 8 nitrogen and oxygen atoms in total. The smallest absolute Gasteiger partial charge is 0.261 e. The molecule has 4 aromatic rings. The van der Waals surface area contributed by atoms with E-state index in [1.54, 1.807) is 42.1 Å². The van der Waals surface area contributed by atoms with Gasteiger partial charge < -0.3 is 5.32 Å². The lowest BCUT2D eigenvalue weighted by Gasteiger charge is -2.13. The fraction of sp³-hybridized carbons (Fsp3) is 0.125. The van der Waals surface area contributed by atoms with Crippen LogP contribution in [0.4, 0.5) is 11.4 Å². The Morgan fingerprint density at radius 1 is 0.909 bits per heavy atom. The number of nitrogens with one attached hydrogen (secondary N) is 2. The number of carbonyl (C=O) groups is 1. The Bertz CT molecular complexity index is 1390. The monoisotopic (exact) mass is 461 g/mol. The number of carbonyl (C=O) groups excluding carboxylic acids is 1. The molecule has 0 bridgehead atoms. The quantitative estimate of drug-likeness (QED) is 0.447. The molecule has 168 valence electrons. The van der Waals surface area contributed by atoms with Crippen LogP contribution in [0.5, 0.6) is 0 Å². The summed E-state index contributed by atoms with van der Waals surface area (Å²) in [6.45, 7) is 5.48. The highest BCUT2D eigenvalue weighted by Gasteiger charge is 2.18. The van der Waals surface area contributed by atoms with Crippen molar-refractivity contribution in [3.63, 3.8) is 0 Å². The average molecular weight is 462 g/mol. The van der Waals surface area contributed by atoms with E-state index in [0.717, 1.165) is 11.1 Å². The molecule has 2 heterocycles. The molecule has 0 fully saturated rings. The van der Waals surface area contributed by atoms with Gasteiger partial charge in [-0.2, -0.15) is 5.10 Å². The Labute approximate surface area is 192 Å². The number of hydrogen-bond acceptors (Lipinski definition) is 5. The molecule has 0 aliphatic carbocycles. The van der Waals surface area contributed by atoms with Gasteiger partial charge >= 0.3 is 0 Å². The van der Waals surface area contributed by atoms with Crippen LogP contribution in [0, 0.1) is 20.8 Å². The van der Waals surface area contributed by atoms with Gasteiger partial charge in [-0.05, 0) is 68.3 Å². The molecular weight excluding hydrogens is 438 g/mol.